The lowest BCUT2D eigenvalue weighted by atomic mass is 10.2. The van der Waals surface area contributed by atoms with Crippen LogP contribution in [0.25, 0.3) is 10.6 Å². The summed E-state index contributed by atoms with van der Waals surface area (Å²) >= 11 is 10.7. The molecule has 0 saturated carbocycles. The smallest absolute Gasteiger partial charge is 0.142 e. The average molecular weight is 304 g/mol. The lowest BCUT2D eigenvalue weighted by molar-refractivity contribution is 1.04. The fourth-order valence-electron chi connectivity index (χ4n) is 1.21. The molecule has 0 N–H and O–H groups in total. The molecule has 0 bridgehead atoms. The van der Waals surface area contributed by atoms with E-state index in [1.165, 1.54) is 16.9 Å². The van der Waals surface area contributed by atoms with Crippen molar-refractivity contribution in [3.05, 3.63) is 33.2 Å². The topological polar surface area (TPSA) is 25.8 Å². The van der Waals surface area contributed by atoms with Crippen molar-refractivity contribution in [3.63, 3.8) is 0 Å². The summed E-state index contributed by atoms with van der Waals surface area (Å²) in [6, 6.07) is 6.16. The second-order valence-corrected chi connectivity index (χ2v) is 5.30. The zero-order valence-electron chi connectivity index (χ0n) is 8.00. The quantitative estimate of drug-likeness (QED) is 0.783. The van der Waals surface area contributed by atoms with Crippen LogP contribution in [0.2, 0.25) is 0 Å². The van der Waals surface area contributed by atoms with Gasteiger partial charge in [0.1, 0.15) is 10.0 Å². The van der Waals surface area contributed by atoms with Gasteiger partial charge in [-0.2, -0.15) is 0 Å². The van der Waals surface area contributed by atoms with Gasteiger partial charge in [0.25, 0.3) is 0 Å². The summed E-state index contributed by atoms with van der Waals surface area (Å²) in [5.74, 6) is 0.418. The summed E-state index contributed by atoms with van der Waals surface area (Å²) in [5, 5.41) is 9.84. The Morgan fingerprint density at radius 1 is 1.40 bits per heavy atom. The fourth-order valence-corrected chi connectivity index (χ4v) is 2.97. The molecule has 0 unspecified atom stereocenters. The molecule has 0 atom stereocenters. The number of benzene rings is 1. The molecule has 5 heteroatoms. The Labute approximate surface area is 105 Å². The monoisotopic (exact) mass is 302 g/mol. The van der Waals surface area contributed by atoms with E-state index in [-0.39, 0.29) is 0 Å². The number of nitrogens with zero attached hydrogens (tertiary/aromatic N) is 2. The predicted octanol–water partition coefficient (Wildman–Crippen LogP) is 4.01. The maximum absolute atomic E-state index is 5.69. The van der Waals surface area contributed by atoms with Crippen molar-refractivity contribution in [2.45, 2.75) is 12.8 Å². The van der Waals surface area contributed by atoms with Gasteiger partial charge in [-0.3, -0.25) is 0 Å². The Bertz CT molecular complexity index is 484. The van der Waals surface area contributed by atoms with E-state index in [0.29, 0.717) is 5.88 Å². The van der Waals surface area contributed by atoms with Crippen LogP contribution in [-0.2, 0) is 5.88 Å². The van der Waals surface area contributed by atoms with Gasteiger partial charge >= 0.3 is 0 Å². The van der Waals surface area contributed by atoms with E-state index in [0.717, 1.165) is 20.1 Å². The first-order valence-electron chi connectivity index (χ1n) is 4.35. The van der Waals surface area contributed by atoms with Gasteiger partial charge in [0.15, 0.2) is 0 Å². The largest absolute Gasteiger partial charge is 0.148 e. The second kappa shape index (κ2) is 4.60. The summed E-state index contributed by atoms with van der Waals surface area (Å²) in [4.78, 5) is 0. The third-order valence-electron chi connectivity index (χ3n) is 1.94. The minimum atomic E-state index is 0.418. The molecular weight excluding hydrogens is 296 g/mol. The Morgan fingerprint density at radius 2 is 2.20 bits per heavy atom. The van der Waals surface area contributed by atoms with Gasteiger partial charge in [0.05, 0.1) is 5.88 Å². The van der Waals surface area contributed by atoms with Crippen LogP contribution in [0.1, 0.15) is 10.6 Å². The van der Waals surface area contributed by atoms with Crippen LogP contribution in [-0.4, -0.2) is 10.2 Å². The van der Waals surface area contributed by atoms with Crippen molar-refractivity contribution in [2.75, 3.05) is 0 Å². The standard InChI is InChI=1S/C10H8BrClN2S/c1-6-2-3-7(8(11)4-6)10-14-13-9(5-12)15-10/h2-4H,5H2,1H3. The highest BCUT2D eigenvalue weighted by molar-refractivity contribution is 9.10. The highest BCUT2D eigenvalue weighted by Crippen LogP contribution is 2.31. The molecule has 78 valence electrons. The van der Waals surface area contributed by atoms with Crippen LogP contribution < -0.4 is 0 Å². The molecule has 2 nitrogen and oxygen atoms in total. The van der Waals surface area contributed by atoms with Gasteiger partial charge in [-0.1, -0.05) is 39.4 Å². The maximum atomic E-state index is 5.69. The number of aromatic nitrogens is 2. The van der Waals surface area contributed by atoms with E-state index < -0.39 is 0 Å². The van der Waals surface area contributed by atoms with Crippen LogP contribution in [0.4, 0.5) is 0 Å². The number of hydrogen-bond donors (Lipinski definition) is 0. The lowest BCUT2D eigenvalue weighted by Crippen LogP contribution is -1.80. The molecule has 15 heavy (non-hydrogen) atoms. The molecule has 2 rings (SSSR count). The maximum Gasteiger partial charge on any atom is 0.148 e. The summed E-state index contributed by atoms with van der Waals surface area (Å²) in [7, 11) is 0. The zero-order chi connectivity index (χ0) is 10.8. The number of aryl methyl sites for hydroxylation is 1. The Morgan fingerprint density at radius 3 is 2.80 bits per heavy atom. The molecule has 1 aromatic heterocycles. The number of hydrogen-bond acceptors (Lipinski definition) is 3. The van der Waals surface area contributed by atoms with E-state index in [4.69, 9.17) is 11.6 Å². The van der Waals surface area contributed by atoms with E-state index in [2.05, 4.69) is 45.2 Å². The van der Waals surface area contributed by atoms with Crippen LogP contribution in [0.5, 0.6) is 0 Å². The Balaban J connectivity index is 2.44. The van der Waals surface area contributed by atoms with Gasteiger partial charge in [-0.15, -0.1) is 21.8 Å². The van der Waals surface area contributed by atoms with E-state index in [9.17, 15) is 0 Å². The van der Waals surface area contributed by atoms with Crippen molar-refractivity contribution in [1.82, 2.24) is 10.2 Å². The highest BCUT2D eigenvalue weighted by atomic mass is 79.9. The first-order valence-corrected chi connectivity index (χ1v) is 6.50. The van der Waals surface area contributed by atoms with Gasteiger partial charge in [-0.05, 0) is 18.6 Å². The SMILES string of the molecule is Cc1ccc(-c2nnc(CCl)s2)c(Br)c1. The molecule has 0 amide bonds. The Kier molecular flexibility index (Phi) is 3.38. The molecule has 0 radical (unpaired) electrons. The summed E-state index contributed by atoms with van der Waals surface area (Å²) in [6.07, 6.45) is 0. The van der Waals surface area contributed by atoms with Crippen molar-refractivity contribution < 1.29 is 0 Å². The average Bonchev–Trinajstić information content (AvgIpc) is 2.66. The van der Waals surface area contributed by atoms with Gasteiger partial charge in [-0.25, -0.2) is 0 Å². The van der Waals surface area contributed by atoms with Crippen LogP contribution in [0, 0.1) is 6.92 Å². The molecule has 1 aromatic carbocycles. The van der Waals surface area contributed by atoms with Crippen molar-refractivity contribution >= 4 is 38.9 Å². The first kappa shape index (κ1) is 11.0. The normalized spacial score (nSPS) is 10.6. The third kappa shape index (κ3) is 2.38. The van der Waals surface area contributed by atoms with Gasteiger partial charge in [0.2, 0.25) is 0 Å². The second-order valence-electron chi connectivity index (χ2n) is 3.12. The molecular formula is C10H8BrClN2S. The fraction of sp³-hybridized carbons (Fsp3) is 0.200. The van der Waals surface area contributed by atoms with Crippen LogP contribution in [0.3, 0.4) is 0 Å². The van der Waals surface area contributed by atoms with E-state index in [1.54, 1.807) is 0 Å². The highest BCUT2D eigenvalue weighted by Gasteiger charge is 2.09. The Hall–Kier alpha value is -0.450. The van der Waals surface area contributed by atoms with E-state index >= 15 is 0 Å². The number of halogens is 2. The number of rotatable bonds is 2. The molecule has 0 aliphatic rings. The zero-order valence-corrected chi connectivity index (χ0v) is 11.2. The van der Waals surface area contributed by atoms with Crippen LogP contribution in [0.15, 0.2) is 22.7 Å². The summed E-state index contributed by atoms with van der Waals surface area (Å²) < 4.78 is 1.04. The molecule has 2 aromatic rings. The minimum Gasteiger partial charge on any atom is -0.142 e. The van der Waals surface area contributed by atoms with E-state index in [1.807, 2.05) is 6.07 Å². The molecule has 0 aliphatic heterocycles. The van der Waals surface area contributed by atoms with Gasteiger partial charge < -0.3 is 0 Å². The predicted molar refractivity (Wildman–Crippen MR) is 67.3 cm³/mol. The van der Waals surface area contributed by atoms with Crippen LogP contribution >= 0.6 is 38.9 Å². The minimum absolute atomic E-state index is 0.418. The molecule has 1 heterocycles. The first-order chi connectivity index (χ1) is 7.20. The number of alkyl halides is 1. The molecule has 0 saturated heterocycles. The lowest BCUT2D eigenvalue weighted by Gasteiger charge is -2.00. The molecule has 0 fully saturated rings. The van der Waals surface area contributed by atoms with Crippen molar-refractivity contribution in [1.29, 1.82) is 0 Å². The molecule has 0 spiro atoms. The van der Waals surface area contributed by atoms with Crippen molar-refractivity contribution in [2.24, 2.45) is 0 Å². The van der Waals surface area contributed by atoms with Gasteiger partial charge in [0, 0.05) is 10.0 Å². The molecule has 0 aliphatic carbocycles. The summed E-state index contributed by atoms with van der Waals surface area (Å²) in [5.41, 5.74) is 2.28. The van der Waals surface area contributed by atoms with Crippen molar-refractivity contribution in [3.8, 4) is 10.6 Å². The summed E-state index contributed by atoms with van der Waals surface area (Å²) in [6.45, 7) is 2.05. The third-order valence-corrected chi connectivity index (χ3v) is 3.96.